The molecular weight excluding hydrogens is 266 g/mol. The van der Waals surface area contributed by atoms with E-state index < -0.39 is 5.97 Å². The number of hydrogen-bond acceptors (Lipinski definition) is 4. The first-order chi connectivity index (χ1) is 10.2. The average molecular weight is 281 g/mol. The van der Waals surface area contributed by atoms with Gasteiger partial charge in [-0.1, -0.05) is 30.3 Å². The number of nitriles is 1. The van der Waals surface area contributed by atoms with E-state index in [0.29, 0.717) is 23.3 Å². The second kappa shape index (κ2) is 7.22. The van der Waals surface area contributed by atoms with Crippen LogP contribution in [0.1, 0.15) is 27.0 Å². The van der Waals surface area contributed by atoms with Crippen LogP contribution in [0.2, 0.25) is 0 Å². The molecule has 0 fully saturated rings. The maximum Gasteiger partial charge on any atom is 0.338 e. The Morgan fingerprint density at radius 2 is 1.81 bits per heavy atom. The summed E-state index contributed by atoms with van der Waals surface area (Å²) in [6.07, 6.45) is 0. The van der Waals surface area contributed by atoms with Gasteiger partial charge in [-0.05, 0) is 23.8 Å². The summed E-state index contributed by atoms with van der Waals surface area (Å²) in [5, 5.41) is 8.98. The van der Waals surface area contributed by atoms with Gasteiger partial charge >= 0.3 is 5.97 Å². The summed E-state index contributed by atoms with van der Waals surface area (Å²) in [6, 6.07) is 16.2. The number of benzene rings is 2. The Morgan fingerprint density at radius 3 is 2.48 bits per heavy atom. The SMILES string of the molecule is COCc1ccc(C(=O)OCc2ccccc2C#N)cc1. The van der Waals surface area contributed by atoms with Crippen LogP contribution in [-0.4, -0.2) is 13.1 Å². The number of ether oxygens (including phenoxy) is 2. The van der Waals surface area contributed by atoms with E-state index >= 15 is 0 Å². The van der Waals surface area contributed by atoms with Crippen molar-refractivity contribution in [1.82, 2.24) is 0 Å². The molecule has 2 aromatic carbocycles. The smallest absolute Gasteiger partial charge is 0.338 e. The number of carbonyl (C=O) groups excluding carboxylic acids is 1. The first-order valence-corrected chi connectivity index (χ1v) is 6.47. The molecule has 0 aromatic heterocycles. The van der Waals surface area contributed by atoms with Crippen molar-refractivity contribution >= 4 is 5.97 Å². The van der Waals surface area contributed by atoms with Crippen LogP contribution in [0.3, 0.4) is 0 Å². The summed E-state index contributed by atoms with van der Waals surface area (Å²) in [7, 11) is 1.62. The fraction of sp³-hybridized carbons (Fsp3) is 0.176. The van der Waals surface area contributed by atoms with Gasteiger partial charge in [0, 0.05) is 12.7 Å². The van der Waals surface area contributed by atoms with Crippen molar-refractivity contribution in [2.45, 2.75) is 13.2 Å². The van der Waals surface area contributed by atoms with Crippen LogP contribution in [0.25, 0.3) is 0 Å². The molecule has 0 heterocycles. The second-order valence-electron chi connectivity index (χ2n) is 4.48. The Labute approximate surface area is 123 Å². The Kier molecular flexibility index (Phi) is 5.08. The van der Waals surface area contributed by atoms with Gasteiger partial charge < -0.3 is 9.47 Å². The van der Waals surface area contributed by atoms with Crippen molar-refractivity contribution in [2.24, 2.45) is 0 Å². The van der Waals surface area contributed by atoms with E-state index in [9.17, 15) is 4.79 Å². The van der Waals surface area contributed by atoms with Crippen LogP contribution in [-0.2, 0) is 22.7 Å². The lowest BCUT2D eigenvalue weighted by molar-refractivity contribution is 0.0472. The monoisotopic (exact) mass is 281 g/mol. The van der Waals surface area contributed by atoms with E-state index in [2.05, 4.69) is 6.07 Å². The van der Waals surface area contributed by atoms with Crippen molar-refractivity contribution in [1.29, 1.82) is 5.26 Å². The highest BCUT2D eigenvalue weighted by atomic mass is 16.5. The second-order valence-corrected chi connectivity index (χ2v) is 4.48. The van der Waals surface area contributed by atoms with Crippen LogP contribution < -0.4 is 0 Å². The lowest BCUT2D eigenvalue weighted by Crippen LogP contribution is -2.06. The minimum atomic E-state index is -0.410. The van der Waals surface area contributed by atoms with Gasteiger partial charge in [0.2, 0.25) is 0 Å². The maximum absolute atomic E-state index is 12.0. The predicted octanol–water partition coefficient (Wildman–Crippen LogP) is 3.06. The Balaban J connectivity index is 2.00. The molecular formula is C17H15NO3. The van der Waals surface area contributed by atoms with Gasteiger partial charge in [0.15, 0.2) is 0 Å². The summed E-state index contributed by atoms with van der Waals surface area (Å²) in [5.41, 5.74) is 2.68. The van der Waals surface area contributed by atoms with E-state index in [-0.39, 0.29) is 6.61 Å². The molecule has 0 aliphatic carbocycles. The van der Waals surface area contributed by atoms with Crippen LogP contribution in [0.5, 0.6) is 0 Å². The quantitative estimate of drug-likeness (QED) is 0.790. The van der Waals surface area contributed by atoms with Gasteiger partial charge in [-0.15, -0.1) is 0 Å². The van der Waals surface area contributed by atoms with Crippen molar-refractivity contribution in [2.75, 3.05) is 7.11 Å². The van der Waals surface area contributed by atoms with Crippen LogP contribution in [0.15, 0.2) is 48.5 Å². The number of rotatable bonds is 5. The average Bonchev–Trinajstić information content (AvgIpc) is 2.54. The van der Waals surface area contributed by atoms with Crippen molar-refractivity contribution in [3.8, 4) is 6.07 Å². The van der Waals surface area contributed by atoms with Crippen LogP contribution >= 0.6 is 0 Å². The van der Waals surface area contributed by atoms with Crippen molar-refractivity contribution in [3.63, 3.8) is 0 Å². The van der Waals surface area contributed by atoms with E-state index in [0.717, 1.165) is 5.56 Å². The van der Waals surface area contributed by atoms with Gasteiger partial charge in [-0.2, -0.15) is 5.26 Å². The number of carbonyl (C=O) groups is 1. The molecule has 0 saturated heterocycles. The summed E-state index contributed by atoms with van der Waals surface area (Å²) in [5.74, 6) is -0.410. The van der Waals surface area contributed by atoms with E-state index in [1.165, 1.54) is 0 Å². The molecule has 0 atom stereocenters. The highest BCUT2D eigenvalue weighted by molar-refractivity contribution is 5.89. The zero-order valence-corrected chi connectivity index (χ0v) is 11.7. The largest absolute Gasteiger partial charge is 0.457 e. The summed E-state index contributed by atoms with van der Waals surface area (Å²) in [6.45, 7) is 0.591. The Bertz CT molecular complexity index is 656. The molecule has 0 saturated carbocycles. The van der Waals surface area contributed by atoms with E-state index in [4.69, 9.17) is 14.7 Å². The molecule has 0 aliphatic rings. The fourth-order valence-corrected chi connectivity index (χ4v) is 1.89. The Morgan fingerprint density at radius 1 is 1.10 bits per heavy atom. The highest BCUT2D eigenvalue weighted by Crippen LogP contribution is 2.11. The number of methoxy groups -OCH3 is 1. The number of nitrogens with zero attached hydrogens (tertiary/aromatic N) is 1. The molecule has 0 spiro atoms. The lowest BCUT2D eigenvalue weighted by atomic mass is 10.1. The minimum Gasteiger partial charge on any atom is -0.457 e. The molecule has 0 radical (unpaired) electrons. The molecule has 2 rings (SSSR count). The summed E-state index contributed by atoms with van der Waals surface area (Å²) in [4.78, 5) is 12.0. The first kappa shape index (κ1) is 14.8. The zero-order valence-electron chi connectivity index (χ0n) is 11.7. The van der Waals surface area contributed by atoms with Crippen molar-refractivity contribution in [3.05, 3.63) is 70.8 Å². The third-order valence-corrected chi connectivity index (χ3v) is 3.00. The van der Waals surface area contributed by atoms with Crippen molar-refractivity contribution < 1.29 is 14.3 Å². The zero-order chi connectivity index (χ0) is 15.1. The third-order valence-electron chi connectivity index (χ3n) is 3.00. The Hall–Kier alpha value is -2.64. The lowest BCUT2D eigenvalue weighted by Gasteiger charge is -2.07. The van der Waals surface area contributed by atoms with Crippen LogP contribution in [0.4, 0.5) is 0 Å². The molecule has 0 N–H and O–H groups in total. The van der Waals surface area contributed by atoms with E-state index in [1.807, 2.05) is 18.2 Å². The minimum absolute atomic E-state index is 0.0857. The summed E-state index contributed by atoms with van der Waals surface area (Å²) < 4.78 is 10.2. The number of esters is 1. The molecule has 2 aromatic rings. The van der Waals surface area contributed by atoms with Gasteiger partial charge in [0.05, 0.1) is 23.8 Å². The van der Waals surface area contributed by atoms with Gasteiger partial charge in [-0.3, -0.25) is 0 Å². The van der Waals surface area contributed by atoms with E-state index in [1.54, 1.807) is 37.4 Å². The molecule has 0 amide bonds. The summed E-state index contributed by atoms with van der Waals surface area (Å²) >= 11 is 0. The molecule has 4 nitrogen and oxygen atoms in total. The third kappa shape index (κ3) is 3.91. The first-order valence-electron chi connectivity index (χ1n) is 6.47. The molecule has 21 heavy (non-hydrogen) atoms. The molecule has 106 valence electrons. The molecule has 4 heteroatoms. The molecule has 0 unspecified atom stereocenters. The van der Waals surface area contributed by atoms with Gasteiger partial charge in [-0.25, -0.2) is 4.79 Å². The predicted molar refractivity (Wildman–Crippen MR) is 77.4 cm³/mol. The number of hydrogen-bond donors (Lipinski definition) is 0. The standard InChI is InChI=1S/C17H15NO3/c1-20-11-13-6-8-14(9-7-13)17(19)21-12-16-5-3-2-4-15(16)10-18/h2-9H,11-12H2,1H3. The highest BCUT2D eigenvalue weighted by Gasteiger charge is 2.09. The van der Waals surface area contributed by atoms with Gasteiger partial charge in [0.25, 0.3) is 0 Å². The molecule has 0 bridgehead atoms. The fourth-order valence-electron chi connectivity index (χ4n) is 1.89. The maximum atomic E-state index is 12.0. The van der Waals surface area contributed by atoms with Crippen LogP contribution in [0, 0.1) is 11.3 Å². The van der Waals surface area contributed by atoms with Gasteiger partial charge in [0.1, 0.15) is 6.61 Å². The molecule has 0 aliphatic heterocycles. The normalized spacial score (nSPS) is 9.90. The topological polar surface area (TPSA) is 59.3 Å².